The molecule has 134 valence electrons. The smallest absolute Gasteiger partial charge is 0.407 e. The van der Waals surface area contributed by atoms with E-state index in [1.807, 2.05) is 20.8 Å². The minimum absolute atomic E-state index is 0.0331. The van der Waals surface area contributed by atoms with Gasteiger partial charge in [-0.3, -0.25) is 9.69 Å². The van der Waals surface area contributed by atoms with E-state index >= 15 is 0 Å². The molecule has 0 aromatic heterocycles. The van der Waals surface area contributed by atoms with E-state index in [4.69, 9.17) is 4.74 Å². The molecular weight excluding hydrogens is 294 g/mol. The Balaban J connectivity index is 2.22. The highest BCUT2D eigenvalue weighted by molar-refractivity contribution is 5.77. The fraction of sp³-hybridized carbons (Fsp3) is 0.882. The number of amides is 2. The van der Waals surface area contributed by atoms with Crippen LogP contribution in [-0.2, 0) is 9.53 Å². The number of carbonyl (C=O) groups is 2. The van der Waals surface area contributed by atoms with Crippen LogP contribution in [0.15, 0.2) is 0 Å². The molecule has 0 saturated carbocycles. The van der Waals surface area contributed by atoms with Crippen LogP contribution in [0.25, 0.3) is 0 Å². The summed E-state index contributed by atoms with van der Waals surface area (Å²) in [5, 5.41) is 5.57. The van der Waals surface area contributed by atoms with Crippen molar-refractivity contribution < 1.29 is 14.3 Å². The summed E-state index contributed by atoms with van der Waals surface area (Å²) in [6.45, 7) is 12.9. The van der Waals surface area contributed by atoms with Crippen molar-refractivity contribution >= 4 is 12.0 Å². The summed E-state index contributed by atoms with van der Waals surface area (Å²) in [7, 11) is 0. The van der Waals surface area contributed by atoms with Gasteiger partial charge in [-0.25, -0.2) is 4.79 Å². The number of hydrogen-bond donors (Lipinski definition) is 2. The molecule has 1 aliphatic rings. The molecule has 6 nitrogen and oxygen atoms in total. The van der Waals surface area contributed by atoms with Crippen molar-refractivity contribution in [3.05, 3.63) is 0 Å². The van der Waals surface area contributed by atoms with E-state index in [2.05, 4.69) is 29.4 Å². The predicted octanol–water partition coefficient (Wildman–Crippen LogP) is 2.28. The van der Waals surface area contributed by atoms with Crippen molar-refractivity contribution in [1.82, 2.24) is 15.5 Å². The molecule has 2 amide bonds. The molecular formula is C17H33N3O3. The second-order valence-corrected chi connectivity index (χ2v) is 7.82. The number of carbonyl (C=O) groups excluding carboxylic acids is 2. The number of nitrogens with zero attached hydrogens (tertiary/aromatic N) is 1. The lowest BCUT2D eigenvalue weighted by Crippen LogP contribution is -2.53. The molecule has 0 spiro atoms. The molecule has 0 unspecified atom stereocenters. The average molecular weight is 327 g/mol. The summed E-state index contributed by atoms with van der Waals surface area (Å²) >= 11 is 0. The number of hydrogen-bond acceptors (Lipinski definition) is 4. The zero-order valence-electron chi connectivity index (χ0n) is 15.3. The maximum atomic E-state index is 11.9. The standard InChI is InChI=1S/C17H33N3O3/c1-16(2,3)23-15(22)18-10-9-14(21)19-13-17(4,5)20-11-7-6-8-12-20/h6-13H2,1-5H3,(H,18,22)(H,19,21). The Bertz CT molecular complexity index is 396. The SMILES string of the molecule is CC(C)(C)OC(=O)NCCC(=O)NCC(C)(C)N1CCCCC1. The molecule has 0 radical (unpaired) electrons. The lowest BCUT2D eigenvalue weighted by Gasteiger charge is -2.41. The van der Waals surface area contributed by atoms with Gasteiger partial charge < -0.3 is 15.4 Å². The van der Waals surface area contributed by atoms with E-state index in [9.17, 15) is 9.59 Å². The van der Waals surface area contributed by atoms with Gasteiger partial charge in [-0.05, 0) is 60.5 Å². The highest BCUT2D eigenvalue weighted by atomic mass is 16.6. The van der Waals surface area contributed by atoms with Gasteiger partial charge in [0, 0.05) is 25.0 Å². The van der Waals surface area contributed by atoms with Gasteiger partial charge in [0.05, 0.1) is 0 Å². The first-order valence-corrected chi connectivity index (χ1v) is 8.59. The molecule has 1 saturated heterocycles. The van der Waals surface area contributed by atoms with E-state index in [1.165, 1.54) is 19.3 Å². The molecule has 1 aliphatic heterocycles. The van der Waals surface area contributed by atoms with Gasteiger partial charge in [0.1, 0.15) is 5.60 Å². The first kappa shape index (κ1) is 19.7. The monoisotopic (exact) mass is 327 g/mol. The van der Waals surface area contributed by atoms with E-state index in [-0.39, 0.29) is 24.4 Å². The summed E-state index contributed by atoms with van der Waals surface area (Å²) < 4.78 is 5.12. The fourth-order valence-electron chi connectivity index (χ4n) is 2.61. The topological polar surface area (TPSA) is 70.7 Å². The summed E-state index contributed by atoms with van der Waals surface area (Å²) in [5.41, 5.74) is -0.556. The molecule has 0 bridgehead atoms. The Hall–Kier alpha value is -1.30. The highest BCUT2D eigenvalue weighted by Gasteiger charge is 2.28. The predicted molar refractivity (Wildman–Crippen MR) is 91.4 cm³/mol. The Labute approximate surface area is 140 Å². The van der Waals surface area contributed by atoms with E-state index in [0.29, 0.717) is 6.54 Å². The zero-order chi connectivity index (χ0) is 17.5. The van der Waals surface area contributed by atoms with Gasteiger partial charge in [0.2, 0.25) is 5.91 Å². The van der Waals surface area contributed by atoms with Crippen LogP contribution in [0.2, 0.25) is 0 Å². The van der Waals surface area contributed by atoms with Gasteiger partial charge in [0.25, 0.3) is 0 Å². The number of likely N-dealkylation sites (tertiary alicyclic amines) is 1. The fourth-order valence-corrected chi connectivity index (χ4v) is 2.61. The molecule has 23 heavy (non-hydrogen) atoms. The quantitative estimate of drug-likeness (QED) is 0.785. The third-order valence-electron chi connectivity index (χ3n) is 3.95. The van der Waals surface area contributed by atoms with Crippen molar-refractivity contribution in [1.29, 1.82) is 0 Å². The third-order valence-corrected chi connectivity index (χ3v) is 3.95. The normalized spacial score (nSPS) is 16.7. The van der Waals surface area contributed by atoms with Crippen LogP contribution in [0.1, 0.15) is 60.3 Å². The minimum Gasteiger partial charge on any atom is -0.444 e. The van der Waals surface area contributed by atoms with Crippen molar-refractivity contribution in [3.63, 3.8) is 0 Å². The van der Waals surface area contributed by atoms with Crippen LogP contribution in [-0.4, -0.2) is 54.2 Å². The lowest BCUT2D eigenvalue weighted by molar-refractivity contribution is -0.121. The van der Waals surface area contributed by atoms with Crippen molar-refractivity contribution in [2.24, 2.45) is 0 Å². The number of rotatable bonds is 6. The second-order valence-electron chi connectivity index (χ2n) is 7.82. The second kappa shape index (κ2) is 8.52. The molecule has 0 aromatic rings. The molecule has 2 N–H and O–H groups in total. The molecule has 1 rings (SSSR count). The average Bonchev–Trinajstić information content (AvgIpc) is 2.44. The maximum absolute atomic E-state index is 11.9. The number of alkyl carbamates (subject to hydrolysis) is 1. The van der Waals surface area contributed by atoms with E-state index in [1.54, 1.807) is 0 Å². The van der Waals surface area contributed by atoms with Gasteiger partial charge in [-0.1, -0.05) is 6.42 Å². The highest BCUT2D eigenvalue weighted by Crippen LogP contribution is 2.19. The lowest BCUT2D eigenvalue weighted by atomic mass is 9.98. The zero-order valence-corrected chi connectivity index (χ0v) is 15.3. The Morgan fingerprint density at radius 3 is 2.17 bits per heavy atom. The van der Waals surface area contributed by atoms with Crippen LogP contribution < -0.4 is 10.6 Å². The van der Waals surface area contributed by atoms with Crippen LogP contribution in [0.4, 0.5) is 4.79 Å². The van der Waals surface area contributed by atoms with E-state index in [0.717, 1.165) is 13.1 Å². The number of ether oxygens (including phenoxy) is 1. The number of nitrogens with one attached hydrogen (secondary N) is 2. The van der Waals surface area contributed by atoms with Crippen LogP contribution >= 0.6 is 0 Å². The van der Waals surface area contributed by atoms with Crippen LogP contribution in [0.5, 0.6) is 0 Å². The van der Waals surface area contributed by atoms with Crippen LogP contribution in [0, 0.1) is 0 Å². The Morgan fingerprint density at radius 2 is 1.61 bits per heavy atom. The van der Waals surface area contributed by atoms with Gasteiger partial charge >= 0.3 is 6.09 Å². The van der Waals surface area contributed by atoms with Gasteiger partial charge in [-0.15, -0.1) is 0 Å². The Morgan fingerprint density at radius 1 is 1.00 bits per heavy atom. The molecule has 0 atom stereocenters. The van der Waals surface area contributed by atoms with Crippen molar-refractivity contribution in [2.75, 3.05) is 26.2 Å². The first-order valence-electron chi connectivity index (χ1n) is 8.59. The largest absolute Gasteiger partial charge is 0.444 e. The van der Waals surface area contributed by atoms with Gasteiger partial charge in [-0.2, -0.15) is 0 Å². The van der Waals surface area contributed by atoms with Crippen molar-refractivity contribution in [3.8, 4) is 0 Å². The van der Waals surface area contributed by atoms with E-state index < -0.39 is 11.7 Å². The summed E-state index contributed by atoms with van der Waals surface area (Å²) in [6, 6.07) is 0. The summed E-state index contributed by atoms with van der Waals surface area (Å²) in [6.07, 6.45) is 3.54. The first-order chi connectivity index (χ1) is 10.6. The van der Waals surface area contributed by atoms with Crippen LogP contribution in [0.3, 0.4) is 0 Å². The molecule has 1 heterocycles. The molecule has 0 aromatic carbocycles. The van der Waals surface area contributed by atoms with Crippen molar-refractivity contribution in [2.45, 2.75) is 71.4 Å². The molecule has 6 heteroatoms. The molecule has 1 fully saturated rings. The number of piperidine rings is 1. The third kappa shape index (κ3) is 8.21. The molecule has 0 aliphatic carbocycles. The maximum Gasteiger partial charge on any atom is 0.407 e. The minimum atomic E-state index is -0.523. The van der Waals surface area contributed by atoms with Gasteiger partial charge in [0.15, 0.2) is 0 Å². The summed E-state index contributed by atoms with van der Waals surface area (Å²) in [5.74, 6) is -0.0499. The Kier molecular flexibility index (Phi) is 7.32. The summed E-state index contributed by atoms with van der Waals surface area (Å²) in [4.78, 5) is 25.8.